The molecule has 6 heteroatoms. The maximum Gasteiger partial charge on any atom is 0.244 e. The highest BCUT2D eigenvalue weighted by Crippen LogP contribution is 2.13. The summed E-state index contributed by atoms with van der Waals surface area (Å²) in [6.45, 7) is 2.12. The fraction of sp³-hybridized carbons (Fsp3) is 0.300. The smallest absolute Gasteiger partial charge is 0.244 e. The number of hydrogen-bond acceptors (Lipinski definition) is 0. The fourth-order valence-electron chi connectivity index (χ4n) is 3.60. The molecule has 0 saturated carbocycles. The molecule has 26 heavy (non-hydrogen) atoms. The van der Waals surface area contributed by atoms with E-state index in [1.165, 1.54) is 34.9 Å². The minimum Gasteiger partial charge on any atom is -1.00 e. The van der Waals surface area contributed by atoms with Gasteiger partial charge in [-0.1, -0.05) is 24.3 Å². The number of imidazole rings is 2. The van der Waals surface area contributed by atoms with Gasteiger partial charge in [0.25, 0.3) is 0 Å². The lowest BCUT2D eigenvalue weighted by molar-refractivity contribution is -0.646. The second-order valence-electron chi connectivity index (χ2n) is 6.52. The van der Waals surface area contributed by atoms with Crippen LogP contribution in [0.2, 0.25) is 0 Å². The average molecular weight is 574 g/mol. The molecule has 2 aromatic heterocycles. The molecule has 0 fully saturated rings. The van der Waals surface area contributed by atoms with E-state index in [4.69, 9.17) is 0 Å². The summed E-state index contributed by atoms with van der Waals surface area (Å²) < 4.78 is 9.13. The second kappa shape index (κ2) is 9.16. The van der Waals surface area contributed by atoms with Gasteiger partial charge in [0.2, 0.25) is 12.7 Å². The topological polar surface area (TPSA) is 17.6 Å². The molecule has 0 unspecified atom stereocenters. The lowest BCUT2D eigenvalue weighted by Crippen LogP contribution is -3.00. The van der Waals surface area contributed by atoms with Crippen molar-refractivity contribution >= 4 is 22.1 Å². The third-order valence-corrected chi connectivity index (χ3v) is 4.82. The van der Waals surface area contributed by atoms with Crippen LogP contribution in [0.3, 0.4) is 0 Å². The number of fused-ring (bicyclic) bond motifs is 2. The maximum absolute atomic E-state index is 2.36. The molecule has 0 aliphatic rings. The van der Waals surface area contributed by atoms with Crippen LogP contribution in [0.4, 0.5) is 0 Å². The Labute approximate surface area is 188 Å². The monoisotopic (exact) mass is 574 g/mol. The zero-order valence-corrected chi connectivity index (χ0v) is 19.5. The number of rotatable bonds is 5. The number of unbranched alkanes of at least 4 members (excludes halogenated alkanes) is 1. The molecule has 0 radical (unpaired) electrons. The van der Waals surface area contributed by atoms with Crippen LogP contribution in [0.1, 0.15) is 12.8 Å². The first-order valence-corrected chi connectivity index (χ1v) is 8.61. The third kappa shape index (κ3) is 4.05. The van der Waals surface area contributed by atoms with Gasteiger partial charge in [0.05, 0.1) is 27.2 Å². The molecule has 0 aliphatic heterocycles. The SMILES string of the molecule is C[n+]1cn(CCCCn2c[n+](C)c3ccccc32)c2ccccc21.[I-].[I-]. The summed E-state index contributed by atoms with van der Waals surface area (Å²) in [7, 11) is 4.23. The van der Waals surface area contributed by atoms with Crippen LogP contribution in [0.5, 0.6) is 0 Å². The number of halogens is 2. The molecule has 2 aromatic carbocycles. The van der Waals surface area contributed by atoms with Crippen molar-refractivity contribution in [2.75, 3.05) is 0 Å². The molecule has 0 bridgehead atoms. The number of para-hydroxylation sites is 4. The summed E-state index contributed by atoms with van der Waals surface area (Å²) >= 11 is 0. The van der Waals surface area contributed by atoms with Crippen LogP contribution in [0.25, 0.3) is 22.1 Å². The number of aryl methyl sites for hydroxylation is 4. The standard InChI is InChI=1S/C20H24N4.2HI/c1-21-15-23(19-11-5-3-9-17(19)21)13-7-8-14-24-16-22(2)18-10-4-6-12-20(18)24;;/h3-6,9-12,15-16H,7-8,13-14H2,1-2H3;2*1H/q+2;;/p-2. The van der Waals surface area contributed by atoms with Gasteiger partial charge in [-0.3, -0.25) is 0 Å². The first-order valence-electron chi connectivity index (χ1n) is 8.61. The molecule has 0 amide bonds. The van der Waals surface area contributed by atoms with Crippen molar-refractivity contribution in [2.24, 2.45) is 14.1 Å². The van der Waals surface area contributed by atoms with Crippen LogP contribution in [-0.4, -0.2) is 9.13 Å². The second-order valence-corrected chi connectivity index (χ2v) is 6.52. The molecule has 0 saturated heterocycles. The van der Waals surface area contributed by atoms with E-state index in [0.717, 1.165) is 13.1 Å². The van der Waals surface area contributed by atoms with Crippen LogP contribution < -0.4 is 57.1 Å². The normalized spacial score (nSPS) is 10.7. The Morgan fingerprint density at radius 1 is 0.654 bits per heavy atom. The lowest BCUT2D eigenvalue weighted by Gasteiger charge is -1.99. The zero-order valence-electron chi connectivity index (χ0n) is 15.1. The van der Waals surface area contributed by atoms with E-state index in [9.17, 15) is 0 Å². The number of aromatic nitrogens is 4. The molecule has 4 nitrogen and oxygen atoms in total. The summed E-state index contributed by atoms with van der Waals surface area (Å²) in [6, 6.07) is 17.2. The fourth-order valence-corrected chi connectivity index (χ4v) is 3.60. The van der Waals surface area contributed by atoms with E-state index in [1.54, 1.807) is 0 Å². The van der Waals surface area contributed by atoms with Crippen LogP contribution in [-0.2, 0) is 27.2 Å². The summed E-state index contributed by atoms with van der Waals surface area (Å²) in [5, 5.41) is 0. The number of nitrogens with zero attached hydrogens (tertiary/aromatic N) is 4. The Morgan fingerprint density at radius 3 is 1.46 bits per heavy atom. The Kier molecular flexibility index (Phi) is 7.45. The van der Waals surface area contributed by atoms with E-state index >= 15 is 0 Å². The maximum atomic E-state index is 2.36. The Hall–Kier alpha value is -1.16. The molecule has 0 aliphatic carbocycles. The van der Waals surface area contributed by atoms with Crippen molar-refractivity contribution in [1.29, 1.82) is 0 Å². The Bertz CT molecular complexity index is 922. The lowest BCUT2D eigenvalue weighted by atomic mass is 10.2. The molecule has 0 atom stereocenters. The van der Waals surface area contributed by atoms with E-state index in [2.05, 4.69) is 93.5 Å². The van der Waals surface area contributed by atoms with E-state index in [-0.39, 0.29) is 48.0 Å². The van der Waals surface area contributed by atoms with Crippen LogP contribution in [0, 0.1) is 0 Å². The summed E-state index contributed by atoms with van der Waals surface area (Å²) in [5.74, 6) is 0. The quantitative estimate of drug-likeness (QED) is 0.136. The van der Waals surface area contributed by atoms with Crippen molar-refractivity contribution in [1.82, 2.24) is 9.13 Å². The van der Waals surface area contributed by atoms with Crippen LogP contribution in [0.15, 0.2) is 61.2 Å². The van der Waals surface area contributed by atoms with E-state index in [1.807, 2.05) is 0 Å². The molecule has 138 valence electrons. The molecule has 0 N–H and O–H groups in total. The van der Waals surface area contributed by atoms with Crippen molar-refractivity contribution in [3.63, 3.8) is 0 Å². The summed E-state index contributed by atoms with van der Waals surface area (Å²) in [6.07, 6.45) is 6.76. The van der Waals surface area contributed by atoms with Gasteiger partial charge in [0.15, 0.2) is 22.1 Å². The highest BCUT2D eigenvalue weighted by Gasteiger charge is 2.13. The first kappa shape index (κ1) is 21.1. The minimum atomic E-state index is 0. The number of hydrogen-bond donors (Lipinski definition) is 0. The minimum absolute atomic E-state index is 0. The van der Waals surface area contributed by atoms with Gasteiger partial charge in [-0.15, -0.1) is 0 Å². The van der Waals surface area contributed by atoms with Crippen molar-refractivity contribution in [3.05, 3.63) is 61.2 Å². The van der Waals surface area contributed by atoms with Gasteiger partial charge in [0.1, 0.15) is 0 Å². The third-order valence-electron chi connectivity index (χ3n) is 4.82. The van der Waals surface area contributed by atoms with Crippen molar-refractivity contribution in [3.8, 4) is 0 Å². The van der Waals surface area contributed by atoms with E-state index < -0.39 is 0 Å². The Morgan fingerprint density at radius 2 is 1.04 bits per heavy atom. The zero-order chi connectivity index (χ0) is 16.5. The molecule has 0 spiro atoms. The first-order chi connectivity index (χ1) is 11.7. The summed E-state index contributed by atoms with van der Waals surface area (Å²) in [4.78, 5) is 0. The predicted molar refractivity (Wildman–Crippen MR) is 95.5 cm³/mol. The van der Waals surface area contributed by atoms with Gasteiger partial charge in [0, 0.05) is 0 Å². The molecule has 2 heterocycles. The average Bonchev–Trinajstić information content (AvgIpc) is 3.10. The van der Waals surface area contributed by atoms with Crippen molar-refractivity contribution < 1.29 is 57.1 Å². The molecular weight excluding hydrogens is 550 g/mol. The molecular formula is C20H24I2N4. The highest BCUT2D eigenvalue weighted by atomic mass is 127. The van der Waals surface area contributed by atoms with Gasteiger partial charge in [-0.25, -0.2) is 18.3 Å². The van der Waals surface area contributed by atoms with Crippen molar-refractivity contribution in [2.45, 2.75) is 25.9 Å². The highest BCUT2D eigenvalue weighted by molar-refractivity contribution is 5.72. The Balaban J connectivity index is 0.00000121. The number of benzene rings is 2. The van der Waals surface area contributed by atoms with Gasteiger partial charge >= 0.3 is 0 Å². The largest absolute Gasteiger partial charge is 1.00 e. The van der Waals surface area contributed by atoms with Gasteiger partial charge in [-0.05, 0) is 37.1 Å². The van der Waals surface area contributed by atoms with Gasteiger partial charge in [-0.2, -0.15) is 0 Å². The van der Waals surface area contributed by atoms with Crippen LogP contribution >= 0.6 is 0 Å². The predicted octanol–water partition coefficient (Wildman–Crippen LogP) is -3.27. The molecule has 4 aromatic rings. The van der Waals surface area contributed by atoms with Gasteiger partial charge < -0.3 is 48.0 Å². The molecule has 4 rings (SSSR count). The summed E-state index contributed by atoms with van der Waals surface area (Å²) in [5.41, 5.74) is 5.22. The van der Waals surface area contributed by atoms with E-state index in [0.29, 0.717) is 0 Å².